The summed E-state index contributed by atoms with van der Waals surface area (Å²) in [5, 5.41) is 2.71. The predicted octanol–water partition coefficient (Wildman–Crippen LogP) is 3.04. The first-order valence-corrected chi connectivity index (χ1v) is 8.76. The second-order valence-electron chi connectivity index (χ2n) is 6.42. The lowest BCUT2D eigenvalue weighted by Crippen LogP contribution is -2.41. The number of nitrogens with zero attached hydrogens (tertiary/aromatic N) is 1. The van der Waals surface area contributed by atoms with Crippen molar-refractivity contribution >= 4 is 11.7 Å². The molecule has 0 bridgehead atoms. The molecule has 28 heavy (non-hydrogen) atoms. The Kier molecular flexibility index (Phi) is 5.79. The highest BCUT2D eigenvalue weighted by Gasteiger charge is 2.29. The number of carbonyl (C=O) groups is 2. The molecular weight excluding hydrogens is 359 g/mol. The summed E-state index contributed by atoms with van der Waals surface area (Å²) < 4.78 is 14.3. The zero-order chi connectivity index (χ0) is 20.1. The maximum Gasteiger partial charge on any atom is 0.251 e. The highest BCUT2D eigenvalue weighted by atomic mass is 19.1. The summed E-state index contributed by atoms with van der Waals surface area (Å²) in [5.74, 6) is -1.69. The number of ketones is 1. The molecule has 3 aromatic rings. The third-order valence-electron chi connectivity index (χ3n) is 4.34. The summed E-state index contributed by atoms with van der Waals surface area (Å²) in [7, 11) is 0. The van der Waals surface area contributed by atoms with E-state index in [0.29, 0.717) is 0 Å². The molecule has 0 saturated carbocycles. The second-order valence-corrected chi connectivity index (χ2v) is 6.42. The van der Waals surface area contributed by atoms with E-state index in [-0.39, 0.29) is 12.1 Å². The topological polar surface area (TPSA) is 68.2 Å². The van der Waals surface area contributed by atoms with Gasteiger partial charge in [-0.3, -0.25) is 19.0 Å². The van der Waals surface area contributed by atoms with Crippen LogP contribution in [0.2, 0.25) is 0 Å². The molecule has 5 nitrogen and oxygen atoms in total. The molecule has 1 amide bonds. The molecule has 1 aromatic heterocycles. The normalized spacial score (nSPS) is 11.6. The first kappa shape index (κ1) is 19.2. The number of carbonyl (C=O) groups excluding carboxylic acids is 2. The molecule has 142 valence electrons. The van der Waals surface area contributed by atoms with E-state index in [2.05, 4.69) is 5.32 Å². The maximum absolute atomic E-state index is 13.2. The number of rotatable bonds is 6. The van der Waals surface area contributed by atoms with E-state index >= 15 is 0 Å². The Labute approximate surface area is 161 Å². The molecule has 0 saturated heterocycles. The van der Waals surface area contributed by atoms with Gasteiger partial charge >= 0.3 is 0 Å². The number of aryl methyl sites for hydroxylation is 1. The van der Waals surface area contributed by atoms with Crippen molar-refractivity contribution in [3.63, 3.8) is 0 Å². The van der Waals surface area contributed by atoms with E-state index in [4.69, 9.17) is 0 Å². The molecule has 0 aliphatic heterocycles. The van der Waals surface area contributed by atoms with Gasteiger partial charge in [-0.1, -0.05) is 35.9 Å². The van der Waals surface area contributed by atoms with Crippen molar-refractivity contribution in [3.8, 4) is 0 Å². The number of pyridine rings is 1. The first-order valence-electron chi connectivity index (χ1n) is 8.76. The molecule has 1 atom stereocenters. The summed E-state index contributed by atoms with van der Waals surface area (Å²) >= 11 is 0. The number of hydrogen-bond acceptors (Lipinski definition) is 3. The van der Waals surface area contributed by atoms with Gasteiger partial charge in [0, 0.05) is 24.4 Å². The highest BCUT2D eigenvalue weighted by Crippen LogP contribution is 2.15. The number of hydrogen-bond donors (Lipinski definition) is 1. The third kappa shape index (κ3) is 4.40. The third-order valence-corrected chi connectivity index (χ3v) is 4.34. The summed E-state index contributed by atoms with van der Waals surface area (Å²) in [4.78, 5) is 38.1. The van der Waals surface area contributed by atoms with Crippen LogP contribution in [-0.2, 0) is 11.3 Å². The van der Waals surface area contributed by atoms with E-state index in [9.17, 15) is 18.8 Å². The SMILES string of the molecule is Cc1ccc(CNC(=O)[C@@H](C(=O)c2ccc(F)cc2)n2ccccc2=O)cc1. The van der Waals surface area contributed by atoms with Gasteiger partial charge in [0.15, 0.2) is 11.8 Å². The molecule has 0 radical (unpaired) electrons. The number of halogens is 1. The lowest BCUT2D eigenvalue weighted by atomic mass is 10.0. The lowest BCUT2D eigenvalue weighted by Gasteiger charge is -2.18. The smallest absolute Gasteiger partial charge is 0.251 e. The minimum absolute atomic E-state index is 0.146. The Morgan fingerprint density at radius 1 is 1.00 bits per heavy atom. The monoisotopic (exact) mass is 378 g/mol. The number of nitrogens with one attached hydrogen (secondary N) is 1. The van der Waals surface area contributed by atoms with Crippen LogP contribution in [0, 0.1) is 12.7 Å². The van der Waals surface area contributed by atoms with Gasteiger partial charge in [-0.2, -0.15) is 0 Å². The van der Waals surface area contributed by atoms with Gasteiger partial charge in [-0.15, -0.1) is 0 Å². The minimum atomic E-state index is -1.38. The zero-order valence-electron chi connectivity index (χ0n) is 15.3. The molecule has 1 heterocycles. The molecule has 1 N–H and O–H groups in total. The summed E-state index contributed by atoms with van der Waals surface area (Å²) in [6.45, 7) is 2.18. The van der Waals surface area contributed by atoms with Gasteiger partial charge in [0.2, 0.25) is 0 Å². The van der Waals surface area contributed by atoms with Crippen LogP contribution >= 0.6 is 0 Å². The predicted molar refractivity (Wildman–Crippen MR) is 103 cm³/mol. The summed E-state index contributed by atoms with van der Waals surface area (Å²) in [6, 6.07) is 15.5. The second kappa shape index (κ2) is 8.43. The highest BCUT2D eigenvalue weighted by molar-refractivity contribution is 6.11. The fourth-order valence-corrected chi connectivity index (χ4v) is 2.79. The average molecular weight is 378 g/mol. The van der Waals surface area contributed by atoms with Gasteiger partial charge in [-0.25, -0.2) is 4.39 Å². The molecule has 0 aliphatic carbocycles. The van der Waals surface area contributed by atoms with E-state index in [1.807, 2.05) is 31.2 Å². The number of benzene rings is 2. The van der Waals surface area contributed by atoms with Crippen LogP contribution in [0.5, 0.6) is 0 Å². The van der Waals surface area contributed by atoms with Crippen molar-refractivity contribution in [3.05, 3.63) is 106 Å². The average Bonchev–Trinajstić information content (AvgIpc) is 2.69. The van der Waals surface area contributed by atoms with Crippen LogP contribution in [0.25, 0.3) is 0 Å². The molecular formula is C22H19FN2O3. The lowest BCUT2D eigenvalue weighted by molar-refractivity contribution is -0.123. The first-order chi connectivity index (χ1) is 13.5. The van der Waals surface area contributed by atoms with E-state index in [1.165, 1.54) is 30.5 Å². The fraction of sp³-hybridized carbons (Fsp3) is 0.136. The Morgan fingerprint density at radius 3 is 2.32 bits per heavy atom. The molecule has 2 aromatic carbocycles. The van der Waals surface area contributed by atoms with Crippen molar-refractivity contribution in [1.29, 1.82) is 0 Å². The maximum atomic E-state index is 13.2. The van der Waals surface area contributed by atoms with Crippen molar-refractivity contribution in [2.45, 2.75) is 19.5 Å². The van der Waals surface area contributed by atoms with Crippen molar-refractivity contribution in [2.75, 3.05) is 0 Å². The van der Waals surface area contributed by atoms with Crippen molar-refractivity contribution < 1.29 is 14.0 Å². The molecule has 0 spiro atoms. The summed E-state index contributed by atoms with van der Waals surface area (Å²) in [5.41, 5.74) is 1.63. The van der Waals surface area contributed by atoms with Crippen LogP contribution in [0.1, 0.15) is 27.5 Å². The Balaban J connectivity index is 1.89. The zero-order valence-corrected chi connectivity index (χ0v) is 15.3. The van der Waals surface area contributed by atoms with E-state index < -0.39 is 29.1 Å². The van der Waals surface area contributed by atoms with Gasteiger partial charge in [0.1, 0.15) is 5.82 Å². The molecule has 0 aliphatic rings. The molecule has 0 unspecified atom stereocenters. The van der Waals surface area contributed by atoms with Crippen LogP contribution in [0.4, 0.5) is 4.39 Å². The number of aromatic nitrogens is 1. The standard InChI is InChI=1S/C22H19FN2O3/c1-15-5-7-16(8-6-15)14-24-22(28)20(25-13-3-2-4-19(25)26)21(27)17-9-11-18(23)12-10-17/h2-13,20H,14H2,1H3,(H,24,28)/t20-/m1/s1. The summed E-state index contributed by atoms with van der Waals surface area (Å²) in [6.07, 6.45) is 1.39. The van der Waals surface area contributed by atoms with Crippen LogP contribution in [-0.4, -0.2) is 16.3 Å². The Morgan fingerprint density at radius 2 is 1.68 bits per heavy atom. The van der Waals surface area contributed by atoms with E-state index in [0.717, 1.165) is 27.8 Å². The number of amides is 1. The van der Waals surface area contributed by atoms with Crippen molar-refractivity contribution in [1.82, 2.24) is 9.88 Å². The quantitative estimate of drug-likeness (QED) is 0.530. The Hall–Kier alpha value is -3.54. The van der Waals surface area contributed by atoms with Crippen LogP contribution in [0.15, 0.2) is 77.7 Å². The van der Waals surface area contributed by atoms with Crippen molar-refractivity contribution in [2.24, 2.45) is 0 Å². The fourth-order valence-electron chi connectivity index (χ4n) is 2.79. The van der Waals surface area contributed by atoms with Crippen LogP contribution in [0.3, 0.4) is 0 Å². The number of Topliss-reactive ketones (excluding diaryl/α,β-unsaturated/α-hetero) is 1. The van der Waals surface area contributed by atoms with Gasteiger partial charge in [-0.05, 0) is 42.8 Å². The molecule has 3 rings (SSSR count). The van der Waals surface area contributed by atoms with Gasteiger partial charge in [0.05, 0.1) is 0 Å². The van der Waals surface area contributed by atoms with E-state index in [1.54, 1.807) is 6.07 Å². The van der Waals surface area contributed by atoms with Gasteiger partial charge < -0.3 is 5.32 Å². The van der Waals surface area contributed by atoms with Crippen LogP contribution < -0.4 is 10.9 Å². The molecule has 6 heteroatoms. The minimum Gasteiger partial charge on any atom is -0.350 e. The Bertz CT molecular complexity index is 1040. The van der Waals surface area contributed by atoms with Gasteiger partial charge in [0.25, 0.3) is 11.5 Å². The largest absolute Gasteiger partial charge is 0.350 e. The molecule has 0 fully saturated rings.